The maximum absolute atomic E-state index is 13.4. The fraction of sp³-hybridized carbons (Fsp3) is 0.167. The summed E-state index contributed by atoms with van der Waals surface area (Å²) in [6.45, 7) is 3.82. The first kappa shape index (κ1) is 19.5. The Kier molecular flexibility index (Phi) is 5.14. The van der Waals surface area contributed by atoms with E-state index in [1.54, 1.807) is 36.4 Å². The first-order valence-corrected chi connectivity index (χ1v) is 9.69. The molecule has 1 aliphatic heterocycles. The Balaban J connectivity index is 1.77. The summed E-state index contributed by atoms with van der Waals surface area (Å²) >= 11 is 0. The molecule has 1 saturated heterocycles. The quantitative estimate of drug-likeness (QED) is 0.628. The van der Waals surface area contributed by atoms with E-state index in [0.717, 1.165) is 11.1 Å². The maximum atomic E-state index is 13.4. The molecule has 0 aliphatic carbocycles. The second-order valence-electron chi connectivity index (χ2n) is 7.38. The number of benzene rings is 2. The molecule has 6 heteroatoms. The SMILES string of the molecule is Cc1cccc(N2C(=O)CC(N(C(=O)c3ccncc3)c3cccc(C)c3)C2=O)c1. The van der Waals surface area contributed by atoms with Gasteiger partial charge in [0.05, 0.1) is 12.1 Å². The van der Waals surface area contributed by atoms with Crippen LogP contribution in [-0.4, -0.2) is 28.7 Å². The number of aryl methyl sites for hydroxylation is 2. The van der Waals surface area contributed by atoms with E-state index in [9.17, 15) is 14.4 Å². The van der Waals surface area contributed by atoms with E-state index in [4.69, 9.17) is 0 Å². The van der Waals surface area contributed by atoms with Crippen LogP contribution in [0, 0.1) is 13.8 Å². The number of carbonyl (C=O) groups is 3. The Morgan fingerprint density at radius 3 is 2.30 bits per heavy atom. The average molecular weight is 399 g/mol. The fourth-order valence-corrected chi connectivity index (χ4v) is 3.71. The van der Waals surface area contributed by atoms with Crippen molar-refractivity contribution in [2.75, 3.05) is 9.80 Å². The standard InChI is InChI=1S/C24H21N3O3/c1-16-5-3-7-19(13-16)26(23(29)18-9-11-25-12-10-18)21-15-22(28)27(24(21)30)20-8-4-6-17(2)14-20/h3-14,21H,15H2,1-2H3. The molecule has 150 valence electrons. The van der Waals surface area contributed by atoms with Crippen LogP contribution in [0.25, 0.3) is 0 Å². The lowest BCUT2D eigenvalue weighted by atomic mass is 10.1. The minimum Gasteiger partial charge on any atom is -0.295 e. The van der Waals surface area contributed by atoms with Crippen molar-refractivity contribution in [1.82, 2.24) is 4.98 Å². The van der Waals surface area contributed by atoms with Crippen molar-refractivity contribution in [3.05, 3.63) is 89.7 Å². The smallest absolute Gasteiger partial charge is 0.259 e. The molecule has 3 aromatic rings. The molecule has 4 rings (SSSR count). The van der Waals surface area contributed by atoms with E-state index in [-0.39, 0.29) is 18.2 Å². The minimum atomic E-state index is -0.916. The normalized spacial score (nSPS) is 16.1. The summed E-state index contributed by atoms with van der Waals surface area (Å²) in [6.07, 6.45) is 2.99. The van der Waals surface area contributed by atoms with Gasteiger partial charge in [-0.3, -0.25) is 24.3 Å². The summed E-state index contributed by atoms with van der Waals surface area (Å²) in [5, 5.41) is 0. The lowest BCUT2D eigenvalue weighted by Gasteiger charge is -2.28. The van der Waals surface area contributed by atoms with Crippen molar-refractivity contribution in [3.8, 4) is 0 Å². The number of imide groups is 1. The number of rotatable bonds is 4. The molecule has 0 spiro atoms. The molecule has 2 heterocycles. The number of aromatic nitrogens is 1. The third-order valence-electron chi connectivity index (χ3n) is 5.12. The monoisotopic (exact) mass is 399 g/mol. The fourth-order valence-electron chi connectivity index (χ4n) is 3.71. The van der Waals surface area contributed by atoms with Gasteiger partial charge < -0.3 is 0 Å². The van der Waals surface area contributed by atoms with Gasteiger partial charge in [-0.25, -0.2) is 4.90 Å². The number of anilines is 2. The van der Waals surface area contributed by atoms with Gasteiger partial charge in [0.15, 0.2) is 0 Å². The van der Waals surface area contributed by atoms with E-state index in [1.807, 2.05) is 38.1 Å². The van der Waals surface area contributed by atoms with Crippen molar-refractivity contribution in [1.29, 1.82) is 0 Å². The van der Waals surface area contributed by atoms with Gasteiger partial charge >= 0.3 is 0 Å². The van der Waals surface area contributed by atoms with E-state index in [1.165, 1.54) is 22.2 Å². The number of pyridine rings is 1. The zero-order valence-electron chi connectivity index (χ0n) is 16.8. The Morgan fingerprint density at radius 2 is 1.63 bits per heavy atom. The van der Waals surface area contributed by atoms with Crippen molar-refractivity contribution >= 4 is 29.1 Å². The molecule has 0 radical (unpaired) electrons. The van der Waals surface area contributed by atoms with Gasteiger partial charge in [0, 0.05) is 23.6 Å². The van der Waals surface area contributed by atoms with E-state index >= 15 is 0 Å². The highest BCUT2D eigenvalue weighted by atomic mass is 16.2. The first-order valence-electron chi connectivity index (χ1n) is 9.69. The molecular formula is C24H21N3O3. The van der Waals surface area contributed by atoms with Crippen LogP contribution in [0.1, 0.15) is 27.9 Å². The molecule has 3 amide bonds. The third kappa shape index (κ3) is 3.59. The van der Waals surface area contributed by atoms with Gasteiger partial charge in [0.25, 0.3) is 11.8 Å². The van der Waals surface area contributed by atoms with Crippen molar-refractivity contribution in [2.24, 2.45) is 0 Å². The Hall–Kier alpha value is -3.80. The summed E-state index contributed by atoms with van der Waals surface area (Å²) in [7, 11) is 0. The van der Waals surface area contributed by atoms with Gasteiger partial charge in [-0.2, -0.15) is 0 Å². The minimum absolute atomic E-state index is 0.0719. The largest absolute Gasteiger partial charge is 0.295 e. The number of hydrogen-bond acceptors (Lipinski definition) is 4. The van der Waals surface area contributed by atoms with Gasteiger partial charge in [0.2, 0.25) is 5.91 Å². The Morgan fingerprint density at radius 1 is 0.967 bits per heavy atom. The molecule has 1 aliphatic rings. The Labute approximate surface area is 174 Å². The van der Waals surface area contributed by atoms with Crippen LogP contribution in [0.5, 0.6) is 0 Å². The molecular weight excluding hydrogens is 378 g/mol. The van der Waals surface area contributed by atoms with Crippen LogP contribution in [0.4, 0.5) is 11.4 Å². The van der Waals surface area contributed by atoms with Crippen LogP contribution in [-0.2, 0) is 9.59 Å². The average Bonchev–Trinajstić information content (AvgIpc) is 3.02. The second kappa shape index (κ2) is 7.91. The molecule has 0 bridgehead atoms. The van der Waals surface area contributed by atoms with Crippen LogP contribution >= 0.6 is 0 Å². The number of hydrogen-bond donors (Lipinski definition) is 0. The molecule has 1 fully saturated rings. The van der Waals surface area contributed by atoms with Crippen LogP contribution in [0.3, 0.4) is 0 Å². The van der Waals surface area contributed by atoms with E-state index in [2.05, 4.69) is 4.98 Å². The third-order valence-corrected chi connectivity index (χ3v) is 5.12. The maximum Gasteiger partial charge on any atom is 0.259 e. The van der Waals surface area contributed by atoms with Gasteiger partial charge in [-0.05, 0) is 61.4 Å². The highest BCUT2D eigenvalue weighted by molar-refractivity contribution is 6.25. The zero-order chi connectivity index (χ0) is 21.3. The Bertz CT molecular complexity index is 1130. The predicted molar refractivity (Wildman–Crippen MR) is 114 cm³/mol. The summed E-state index contributed by atoms with van der Waals surface area (Å²) in [4.78, 5) is 46.2. The molecule has 1 unspecified atom stereocenters. The summed E-state index contributed by atoms with van der Waals surface area (Å²) in [5.74, 6) is -1.08. The number of amides is 3. The van der Waals surface area contributed by atoms with Gasteiger partial charge in [0.1, 0.15) is 6.04 Å². The second-order valence-corrected chi connectivity index (χ2v) is 7.38. The van der Waals surface area contributed by atoms with Crippen LogP contribution in [0.15, 0.2) is 73.1 Å². The van der Waals surface area contributed by atoms with Gasteiger partial charge in [-0.1, -0.05) is 24.3 Å². The van der Waals surface area contributed by atoms with Crippen molar-refractivity contribution in [2.45, 2.75) is 26.3 Å². The van der Waals surface area contributed by atoms with Gasteiger partial charge in [-0.15, -0.1) is 0 Å². The van der Waals surface area contributed by atoms with Crippen LogP contribution in [0.2, 0.25) is 0 Å². The molecule has 6 nitrogen and oxygen atoms in total. The molecule has 30 heavy (non-hydrogen) atoms. The van der Waals surface area contributed by atoms with E-state index < -0.39 is 11.9 Å². The summed E-state index contributed by atoms with van der Waals surface area (Å²) in [6, 6.07) is 16.9. The van der Waals surface area contributed by atoms with E-state index in [0.29, 0.717) is 16.9 Å². The lowest BCUT2D eigenvalue weighted by molar-refractivity contribution is -0.121. The number of carbonyl (C=O) groups excluding carboxylic acids is 3. The molecule has 1 aromatic heterocycles. The first-order chi connectivity index (χ1) is 14.5. The van der Waals surface area contributed by atoms with Crippen LogP contribution < -0.4 is 9.80 Å². The molecule has 0 saturated carbocycles. The molecule has 1 atom stereocenters. The number of nitrogens with zero attached hydrogens (tertiary/aromatic N) is 3. The zero-order valence-corrected chi connectivity index (χ0v) is 16.8. The highest BCUT2D eigenvalue weighted by Crippen LogP contribution is 2.30. The highest BCUT2D eigenvalue weighted by Gasteiger charge is 2.45. The summed E-state index contributed by atoms with van der Waals surface area (Å²) in [5.41, 5.74) is 3.40. The lowest BCUT2D eigenvalue weighted by Crippen LogP contribution is -2.46. The van der Waals surface area contributed by atoms with Crippen molar-refractivity contribution in [3.63, 3.8) is 0 Å². The molecule has 2 aromatic carbocycles. The van der Waals surface area contributed by atoms with Crippen molar-refractivity contribution < 1.29 is 14.4 Å². The topological polar surface area (TPSA) is 70.6 Å². The predicted octanol–water partition coefficient (Wildman–Crippen LogP) is 3.68. The summed E-state index contributed by atoms with van der Waals surface area (Å²) < 4.78 is 0. The molecule has 0 N–H and O–H groups in total.